The van der Waals surface area contributed by atoms with Crippen LogP contribution in [-0.2, 0) is 19.2 Å². The number of likely N-dealkylation sites (tertiary alicyclic amines) is 1. The van der Waals surface area contributed by atoms with E-state index in [0.29, 0.717) is 30.8 Å². The molecule has 1 amide bonds. The summed E-state index contributed by atoms with van der Waals surface area (Å²) in [4.78, 5) is 37.6. The maximum atomic E-state index is 12.8. The highest BCUT2D eigenvalue weighted by molar-refractivity contribution is 5.82. The number of nitrogens with two attached hydrogens (primary N) is 1. The Morgan fingerprint density at radius 2 is 1.97 bits per heavy atom. The first-order valence-electron chi connectivity index (χ1n) is 10.4. The van der Waals surface area contributed by atoms with E-state index in [2.05, 4.69) is 17.9 Å². The summed E-state index contributed by atoms with van der Waals surface area (Å²) in [5.74, 6) is -0.575. The average molecular weight is 423 g/mol. The van der Waals surface area contributed by atoms with Crippen LogP contribution in [0.5, 0.6) is 0 Å². The first-order chi connectivity index (χ1) is 14.2. The normalized spacial score (nSPS) is 19.3. The lowest BCUT2D eigenvalue weighted by Gasteiger charge is -2.38. The van der Waals surface area contributed by atoms with Gasteiger partial charge in [-0.25, -0.2) is 15.1 Å². The van der Waals surface area contributed by atoms with Crippen molar-refractivity contribution in [3.8, 4) is 0 Å². The molecule has 1 aliphatic rings. The van der Waals surface area contributed by atoms with Crippen molar-refractivity contribution in [1.29, 1.82) is 0 Å². The predicted molar refractivity (Wildman–Crippen MR) is 114 cm³/mol. The van der Waals surface area contributed by atoms with Crippen molar-refractivity contribution in [1.82, 2.24) is 10.4 Å². The highest BCUT2D eigenvalue weighted by Gasteiger charge is 2.39. The maximum absolute atomic E-state index is 12.8. The summed E-state index contributed by atoms with van der Waals surface area (Å²) in [6.45, 7) is 8.30. The SMILES string of the molecule is CCCCON[C@@H]1CC[C@@H](C(=O)ONc2ccccc2N)N(C(=O)OC(C)(C)C)C1. The topological polar surface area (TPSA) is 115 Å². The summed E-state index contributed by atoms with van der Waals surface area (Å²) in [5.41, 5.74) is 11.7. The standard InChI is InChI=1S/C21H34N4O5/c1-5-6-13-28-23-15-11-12-18(25(14-15)20(27)29-21(2,3)4)19(26)30-24-17-10-8-7-9-16(17)22/h7-10,15,18,23-24H,5-6,11-14,22H2,1-4H3/t15-,18+/m1/s1. The number of benzene rings is 1. The molecule has 1 aromatic rings. The van der Waals surface area contributed by atoms with Gasteiger partial charge in [0.15, 0.2) is 0 Å². The van der Waals surface area contributed by atoms with E-state index in [4.69, 9.17) is 20.1 Å². The number of nitrogens with zero attached hydrogens (tertiary/aromatic N) is 1. The molecule has 0 saturated carbocycles. The van der Waals surface area contributed by atoms with Crippen LogP contribution in [0.25, 0.3) is 0 Å². The van der Waals surface area contributed by atoms with E-state index in [1.165, 1.54) is 4.90 Å². The average Bonchev–Trinajstić information content (AvgIpc) is 2.69. The fourth-order valence-corrected chi connectivity index (χ4v) is 2.99. The number of hydrogen-bond donors (Lipinski definition) is 3. The Hall–Kier alpha value is -2.52. The Labute approximate surface area is 178 Å². The van der Waals surface area contributed by atoms with Crippen LogP contribution in [-0.4, -0.2) is 47.8 Å². The van der Waals surface area contributed by atoms with E-state index in [0.717, 1.165) is 12.8 Å². The van der Waals surface area contributed by atoms with Crippen LogP contribution in [0.15, 0.2) is 24.3 Å². The minimum atomic E-state index is -0.772. The molecule has 4 N–H and O–H groups in total. The molecule has 0 bridgehead atoms. The molecule has 9 nitrogen and oxygen atoms in total. The highest BCUT2D eigenvalue weighted by atomic mass is 16.7. The van der Waals surface area contributed by atoms with Crippen LogP contribution in [0, 0.1) is 0 Å². The van der Waals surface area contributed by atoms with Gasteiger partial charge in [-0.05, 0) is 52.2 Å². The molecule has 2 atom stereocenters. The third kappa shape index (κ3) is 7.38. The van der Waals surface area contributed by atoms with Crippen molar-refractivity contribution in [2.45, 2.75) is 71.1 Å². The van der Waals surface area contributed by atoms with Gasteiger partial charge in [0.05, 0.1) is 24.0 Å². The van der Waals surface area contributed by atoms with E-state index < -0.39 is 23.7 Å². The number of piperidine rings is 1. The van der Waals surface area contributed by atoms with Crippen LogP contribution >= 0.6 is 0 Å². The van der Waals surface area contributed by atoms with Crippen molar-refractivity contribution in [3.63, 3.8) is 0 Å². The zero-order chi connectivity index (χ0) is 22.1. The number of amides is 1. The van der Waals surface area contributed by atoms with E-state index in [9.17, 15) is 9.59 Å². The highest BCUT2D eigenvalue weighted by Crippen LogP contribution is 2.23. The second-order valence-electron chi connectivity index (χ2n) is 8.35. The summed E-state index contributed by atoms with van der Waals surface area (Å²) in [6, 6.07) is 6.07. The van der Waals surface area contributed by atoms with Crippen molar-refractivity contribution >= 4 is 23.4 Å². The van der Waals surface area contributed by atoms with Gasteiger partial charge in [0.1, 0.15) is 11.6 Å². The van der Waals surface area contributed by atoms with Gasteiger partial charge in [-0.2, -0.15) is 5.48 Å². The minimum absolute atomic E-state index is 0.101. The van der Waals surface area contributed by atoms with Crippen LogP contribution < -0.4 is 16.7 Å². The second kappa shape index (κ2) is 11.0. The molecule has 2 rings (SSSR count). The smallest absolute Gasteiger partial charge is 0.411 e. The molecular formula is C21H34N4O5. The summed E-state index contributed by atoms with van der Waals surface area (Å²) >= 11 is 0. The molecule has 0 spiro atoms. The molecule has 30 heavy (non-hydrogen) atoms. The largest absolute Gasteiger partial charge is 0.444 e. The lowest BCUT2D eigenvalue weighted by atomic mass is 9.99. The third-order valence-corrected chi connectivity index (χ3v) is 4.55. The zero-order valence-corrected chi connectivity index (χ0v) is 18.3. The number of carbonyl (C=O) groups is 2. The predicted octanol–water partition coefficient (Wildman–Crippen LogP) is 3.23. The monoisotopic (exact) mass is 422 g/mol. The van der Waals surface area contributed by atoms with Gasteiger partial charge in [-0.1, -0.05) is 25.5 Å². The van der Waals surface area contributed by atoms with E-state index in [1.54, 1.807) is 45.0 Å². The molecular weight excluding hydrogens is 388 g/mol. The second-order valence-corrected chi connectivity index (χ2v) is 8.35. The van der Waals surface area contributed by atoms with Crippen LogP contribution in [0.2, 0.25) is 0 Å². The molecule has 1 aliphatic heterocycles. The molecule has 168 valence electrons. The Morgan fingerprint density at radius 1 is 1.23 bits per heavy atom. The van der Waals surface area contributed by atoms with Gasteiger partial charge < -0.3 is 20.1 Å². The van der Waals surface area contributed by atoms with Gasteiger partial charge in [-0.3, -0.25) is 4.90 Å². The number of hydroxylamine groups is 1. The molecule has 1 fully saturated rings. The number of ether oxygens (including phenoxy) is 1. The van der Waals surface area contributed by atoms with E-state index in [-0.39, 0.29) is 12.6 Å². The molecule has 0 aliphatic carbocycles. The molecule has 0 aromatic heterocycles. The zero-order valence-electron chi connectivity index (χ0n) is 18.3. The van der Waals surface area contributed by atoms with Crippen LogP contribution in [0.4, 0.5) is 16.2 Å². The molecule has 0 unspecified atom stereocenters. The van der Waals surface area contributed by atoms with Crippen LogP contribution in [0.3, 0.4) is 0 Å². The number of nitrogen functional groups attached to an aromatic ring is 1. The fraction of sp³-hybridized carbons (Fsp3) is 0.619. The number of anilines is 2. The fourth-order valence-electron chi connectivity index (χ4n) is 2.99. The minimum Gasteiger partial charge on any atom is -0.444 e. The Balaban J connectivity index is 2.02. The Kier molecular flexibility index (Phi) is 8.73. The van der Waals surface area contributed by atoms with Crippen LogP contribution in [0.1, 0.15) is 53.4 Å². The number of hydrogen-bond acceptors (Lipinski definition) is 8. The molecule has 1 saturated heterocycles. The quantitative estimate of drug-likeness (QED) is 0.332. The van der Waals surface area contributed by atoms with Gasteiger partial charge in [0, 0.05) is 6.54 Å². The Morgan fingerprint density at radius 3 is 2.63 bits per heavy atom. The summed E-state index contributed by atoms with van der Waals surface area (Å²) in [6.07, 6.45) is 2.48. The number of para-hydroxylation sites is 2. The van der Waals surface area contributed by atoms with Gasteiger partial charge >= 0.3 is 12.1 Å². The van der Waals surface area contributed by atoms with Gasteiger partial charge in [0.25, 0.3) is 0 Å². The van der Waals surface area contributed by atoms with Gasteiger partial charge in [0.2, 0.25) is 0 Å². The number of carbonyl (C=O) groups excluding carboxylic acids is 2. The summed E-state index contributed by atoms with van der Waals surface area (Å²) in [7, 11) is 0. The van der Waals surface area contributed by atoms with Crippen molar-refractivity contribution in [2.75, 3.05) is 24.4 Å². The Bertz CT molecular complexity index is 707. The molecule has 0 radical (unpaired) electrons. The summed E-state index contributed by atoms with van der Waals surface area (Å²) < 4.78 is 5.50. The number of unbranched alkanes of at least 4 members (excludes halogenated alkanes) is 1. The number of rotatable bonds is 8. The van der Waals surface area contributed by atoms with E-state index >= 15 is 0 Å². The van der Waals surface area contributed by atoms with Crippen molar-refractivity contribution < 1.29 is 24.0 Å². The molecule has 1 aromatic carbocycles. The van der Waals surface area contributed by atoms with E-state index in [1.807, 2.05) is 0 Å². The lowest BCUT2D eigenvalue weighted by Crippen LogP contribution is -2.56. The molecule has 9 heteroatoms. The first-order valence-corrected chi connectivity index (χ1v) is 10.4. The lowest BCUT2D eigenvalue weighted by molar-refractivity contribution is -0.149. The maximum Gasteiger partial charge on any atom is 0.411 e. The summed E-state index contributed by atoms with van der Waals surface area (Å²) in [5, 5.41) is 0. The third-order valence-electron chi connectivity index (χ3n) is 4.55. The molecule has 1 heterocycles. The van der Waals surface area contributed by atoms with Crippen molar-refractivity contribution in [2.24, 2.45) is 0 Å². The first kappa shape index (κ1) is 23.8. The van der Waals surface area contributed by atoms with Crippen molar-refractivity contribution in [3.05, 3.63) is 24.3 Å². The van der Waals surface area contributed by atoms with Gasteiger partial charge in [-0.15, -0.1) is 0 Å². The number of nitrogens with one attached hydrogen (secondary N) is 2.